The Morgan fingerprint density at radius 1 is 1.19 bits per heavy atom. The number of carboxylic acids is 1. The Morgan fingerprint density at radius 2 is 1.93 bits per heavy atom. The molecule has 27 heavy (non-hydrogen) atoms. The van der Waals surface area contributed by atoms with Crippen LogP contribution >= 0.6 is 0 Å². The lowest BCUT2D eigenvalue weighted by atomic mass is 10.2. The molecule has 0 aliphatic carbocycles. The normalized spacial score (nSPS) is 11.7. The number of sulfone groups is 1. The molecule has 0 bridgehead atoms. The monoisotopic (exact) mass is 390 g/mol. The van der Waals surface area contributed by atoms with E-state index >= 15 is 0 Å². The summed E-state index contributed by atoms with van der Waals surface area (Å²) in [6.07, 6.45) is 2.12. The van der Waals surface area contributed by atoms with Gasteiger partial charge in [-0.3, -0.25) is 0 Å². The van der Waals surface area contributed by atoms with E-state index in [0.717, 1.165) is 6.26 Å². The number of carbonyl (C=O) groups is 1. The van der Waals surface area contributed by atoms with E-state index in [1.807, 2.05) is 0 Å². The number of fused-ring (bicyclic) bond motifs is 1. The van der Waals surface area contributed by atoms with Crippen molar-refractivity contribution in [3.8, 4) is 11.6 Å². The van der Waals surface area contributed by atoms with Crippen molar-refractivity contribution in [2.24, 2.45) is 0 Å². The topological polar surface area (TPSA) is 108 Å². The molecule has 1 N–H and O–H groups in total. The van der Waals surface area contributed by atoms with Crippen molar-refractivity contribution in [1.82, 2.24) is 9.71 Å². The van der Waals surface area contributed by atoms with Crippen LogP contribution in [0, 0.1) is 0 Å². The van der Waals surface area contributed by atoms with Crippen molar-refractivity contribution in [3.63, 3.8) is 0 Å². The first-order valence-corrected chi connectivity index (χ1v) is 9.94. The smallest absolute Gasteiger partial charge is 0.356 e. The molecule has 3 aromatic rings. The van der Waals surface area contributed by atoms with Gasteiger partial charge in [-0.05, 0) is 44.2 Å². The van der Waals surface area contributed by atoms with E-state index in [1.54, 1.807) is 32.0 Å². The third kappa shape index (κ3) is 4.03. The van der Waals surface area contributed by atoms with E-state index in [2.05, 4.69) is 4.98 Å². The summed E-state index contributed by atoms with van der Waals surface area (Å²) in [4.78, 5) is 21.1. The molecule has 0 radical (unpaired) electrons. The molecule has 0 amide bonds. The number of rotatable bonds is 6. The Hall–Kier alpha value is -3.07. The highest BCUT2D eigenvalue weighted by Crippen LogP contribution is 2.27. The second kappa shape index (κ2) is 6.92. The van der Waals surface area contributed by atoms with Crippen molar-refractivity contribution in [2.75, 3.05) is 6.26 Å². The van der Waals surface area contributed by atoms with Crippen molar-refractivity contribution in [3.05, 3.63) is 48.3 Å². The van der Waals surface area contributed by atoms with Crippen molar-refractivity contribution in [2.45, 2.75) is 24.8 Å². The molecule has 0 spiro atoms. The predicted octanol–water partition coefficient (Wildman–Crippen LogP) is 2.77. The van der Waals surface area contributed by atoms with Gasteiger partial charge in [-0.25, -0.2) is 18.2 Å². The molecule has 9 heteroatoms. The van der Waals surface area contributed by atoms with Gasteiger partial charge >= 0.3 is 5.97 Å². The van der Waals surface area contributed by atoms with Gasteiger partial charge in [0.1, 0.15) is 11.9 Å². The average Bonchev–Trinajstić information content (AvgIpc) is 2.92. The minimum Gasteiger partial charge on any atom is -0.476 e. The molecule has 0 saturated heterocycles. The van der Waals surface area contributed by atoms with E-state index < -0.39 is 15.8 Å². The third-order valence-electron chi connectivity index (χ3n) is 3.62. The minimum absolute atomic E-state index is 0.00600. The molecular weight excluding hydrogens is 372 g/mol. The first-order valence-electron chi connectivity index (χ1n) is 8.05. The molecular formula is C18H18N2O6S. The maximum atomic E-state index is 11.5. The van der Waals surface area contributed by atoms with E-state index in [1.165, 1.54) is 29.1 Å². The molecule has 142 valence electrons. The summed E-state index contributed by atoms with van der Waals surface area (Å²) in [7, 11) is -3.33. The Balaban J connectivity index is 1.94. The van der Waals surface area contributed by atoms with Crippen molar-refractivity contribution >= 4 is 26.7 Å². The zero-order valence-electron chi connectivity index (χ0n) is 14.9. The van der Waals surface area contributed by atoms with Crippen LogP contribution in [0.5, 0.6) is 11.6 Å². The van der Waals surface area contributed by atoms with Crippen LogP contribution in [0.4, 0.5) is 0 Å². The molecule has 3 rings (SSSR count). The van der Waals surface area contributed by atoms with Crippen LogP contribution in [0.15, 0.2) is 47.5 Å². The van der Waals surface area contributed by atoms with Crippen LogP contribution in [-0.4, -0.2) is 41.6 Å². The second-order valence-corrected chi connectivity index (χ2v) is 8.23. The van der Waals surface area contributed by atoms with Crippen LogP contribution in [-0.2, 0) is 9.84 Å². The molecule has 0 aliphatic heterocycles. The summed E-state index contributed by atoms with van der Waals surface area (Å²) >= 11 is 0. The number of ether oxygens (including phenoxy) is 1. The number of nitrogens with zero attached hydrogens (tertiary/aromatic N) is 2. The lowest BCUT2D eigenvalue weighted by molar-refractivity contribution is 0.0476. The standard InChI is InChI=1S/C18H18N2O6S/c1-11(2)26-20-15-6-4-13(8-12(15)9-16(20)18(21)22)25-17-7-5-14(10-19-17)27(3,23)24/h4-11H,1-3H3,(H,21,22). The van der Waals surface area contributed by atoms with Gasteiger partial charge in [-0.2, -0.15) is 4.73 Å². The number of aromatic nitrogens is 2. The highest BCUT2D eigenvalue weighted by molar-refractivity contribution is 7.90. The predicted molar refractivity (Wildman–Crippen MR) is 98.0 cm³/mol. The third-order valence-corrected chi connectivity index (χ3v) is 4.72. The first kappa shape index (κ1) is 18.7. The van der Waals surface area contributed by atoms with Gasteiger partial charge in [0, 0.05) is 23.9 Å². The number of aromatic carboxylic acids is 1. The molecule has 0 atom stereocenters. The summed E-state index contributed by atoms with van der Waals surface area (Å²) in [6.45, 7) is 3.61. The second-order valence-electron chi connectivity index (χ2n) is 6.21. The fourth-order valence-electron chi connectivity index (χ4n) is 2.47. The number of carboxylic acid groups (broad SMARTS) is 1. The highest BCUT2D eigenvalue weighted by atomic mass is 32.2. The van der Waals surface area contributed by atoms with Crippen LogP contribution < -0.4 is 9.57 Å². The molecule has 0 fully saturated rings. The van der Waals surface area contributed by atoms with Crippen molar-refractivity contribution < 1.29 is 27.9 Å². The summed E-state index contributed by atoms with van der Waals surface area (Å²) in [5.74, 6) is -0.453. The van der Waals surface area contributed by atoms with Gasteiger partial charge < -0.3 is 14.7 Å². The number of pyridine rings is 1. The fourth-order valence-corrected chi connectivity index (χ4v) is 3.03. The van der Waals surface area contributed by atoms with E-state index in [-0.39, 0.29) is 22.6 Å². The van der Waals surface area contributed by atoms with Crippen LogP contribution in [0.2, 0.25) is 0 Å². The molecule has 0 saturated carbocycles. The Bertz CT molecular complexity index is 1100. The maximum Gasteiger partial charge on any atom is 0.356 e. The molecule has 2 heterocycles. The lowest BCUT2D eigenvalue weighted by Gasteiger charge is -2.13. The molecule has 0 aliphatic rings. The molecule has 0 unspecified atom stereocenters. The van der Waals surface area contributed by atoms with Gasteiger partial charge in [0.2, 0.25) is 5.88 Å². The SMILES string of the molecule is CC(C)On1c(C(=O)O)cc2cc(Oc3ccc(S(C)(=O)=O)cn3)ccc21. The quantitative estimate of drug-likeness (QED) is 0.689. The molecule has 2 aromatic heterocycles. The minimum atomic E-state index is -3.33. The maximum absolute atomic E-state index is 11.5. The number of hydrogen-bond acceptors (Lipinski definition) is 6. The van der Waals surface area contributed by atoms with Gasteiger partial charge in [0.05, 0.1) is 10.4 Å². The fraction of sp³-hybridized carbons (Fsp3) is 0.222. The summed E-state index contributed by atoms with van der Waals surface area (Å²) in [6, 6.07) is 9.36. The van der Waals surface area contributed by atoms with Crippen LogP contribution in [0.1, 0.15) is 24.3 Å². The zero-order chi connectivity index (χ0) is 19.8. The summed E-state index contributed by atoms with van der Waals surface area (Å²) in [5.41, 5.74) is 0.598. The average molecular weight is 390 g/mol. The number of benzene rings is 1. The van der Waals surface area contributed by atoms with Crippen molar-refractivity contribution in [1.29, 1.82) is 0 Å². The number of hydrogen-bond donors (Lipinski definition) is 1. The summed E-state index contributed by atoms with van der Waals surface area (Å²) in [5, 5.41) is 10.0. The van der Waals surface area contributed by atoms with Crippen LogP contribution in [0.3, 0.4) is 0 Å². The van der Waals surface area contributed by atoms with E-state index in [9.17, 15) is 18.3 Å². The Kier molecular flexibility index (Phi) is 4.79. The Morgan fingerprint density at radius 3 is 2.48 bits per heavy atom. The van der Waals surface area contributed by atoms with E-state index in [4.69, 9.17) is 9.57 Å². The lowest BCUT2D eigenvalue weighted by Crippen LogP contribution is -2.22. The van der Waals surface area contributed by atoms with E-state index in [0.29, 0.717) is 16.7 Å². The molecule has 8 nitrogen and oxygen atoms in total. The largest absolute Gasteiger partial charge is 0.476 e. The Labute approximate surface area is 155 Å². The first-order chi connectivity index (χ1) is 12.6. The van der Waals surface area contributed by atoms with Gasteiger partial charge in [-0.15, -0.1) is 0 Å². The highest BCUT2D eigenvalue weighted by Gasteiger charge is 2.17. The van der Waals surface area contributed by atoms with Gasteiger partial charge in [-0.1, -0.05) is 0 Å². The van der Waals surface area contributed by atoms with Crippen LogP contribution in [0.25, 0.3) is 10.9 Å². The summed E-state index contributed by atoms with van der Waals surface area (Å²) < 4.78 is 29.9. The van der Waals surface area contributed by atoms with Gasteiger partial charge in [0.15, 0.2) is 15.5 Å². The zero-order valence-corrected chi connectivity index (χ0v) is 15.7. The molecule has 1 aromatic carbocycles. The van der Waals surface area contributed by atoms with Gasteiger partial charge in [0.25, 0.3) is 0 Å².